The number of nitrogens with two attached hydrogens (primary N) is 1. The molecule has 1 aromatic rings. The summed E-state index contributed by atoms with van der Waals surface area (Å²) in [7, 11) is 4.04. The predicted octanol–water partition coefficient (Wildman–Crippen LogP) is 1.99. The predicted molar refractivity (Wildman–Crippen MR) is 88.7 cm³/mol. The molecule has 116 valence electrons. The molecule has 1 rings (SSSR count). The Labute approximate surface area is 133 Å². The molecule has 1 unspecified atom stereocenters. The zero-order valence-corrected chi connectivity index (χ0v) is 13.7. The van der Waals surface area contributed by atoms with Gasteiger partial charge in [0.1, 0.15) is 0 Å². The van der Waals surface area contributed by atoms with Crippen LogP contribution in [0.15, 0.2) is 30.3 Å². The summed E-state index contributed by atoms with van der Waals surface area (Å²) in [4.78, 5) is 13.7. The summed E-state index contributed by atoms with van der Waals surface area (Å²) in [5, 5.41) is 2.96. The molecule has 1 atom stereocenters. The lowest BCUT2D eigenvalue weighted by Crippen LogP contribution is -2.34. The maximum Gasteiger partial charge on any atom is 0.220 e. The maximum atomic E-state index is 11.6. The van der Waals surface area contributed by atoms with Crippen molar-refractivity contribution in [3.05, 3.63) is 35.9 Å². The first-order chi connectivity index (χ1) is 8.65. The summed E-state index contributed by atoms with van der Waals surface area (Å²) in [6.45, 7) is 1.18. The number of carbonyl (C=O) groups excluding carboxylic acids is 1. The van der Waals surface area contributed by atoms with E-state index in [1.165, 1.54) is 5.56 Å². The molecule has 0 aliphatic rings. The fourth-order valence-corrected chi connectivity index (χ4v) is 1.84. The SMILES string of the molecule is CN(C)C(CNC(=O)CCCN)c1ccccc1.Cl.Cl. The molecule has 6 heteroatoms. The molecule has 0 saturated heterocycles. The summed E-state index contributed by atoms with van der Waals surface area (Å²) in [5.41, 5.74) is 6.59. The standard InChI is InChI=1S/C14H23N3O.2ClH/c1-17(2)13(12-7-4-3-5-8-12)11-16-14(18)9-6-10-15;;/h3-5,7-8,13H,6,9-11,15H2,1-2H3,(H,16,18);2*1H. The summed E-state index contributed by atoms with van der Waals surface area (Å²) in [6, 6.07) is 10.4. The molecule has 0 saturated carbocycles. The molecule has 0 aliphatic carbocycles. The fraction of sp³-hybridized carbons (Fsp3) is 0.500. The number of halogens is 2. The van der Waals surface area contributed by atoms with Crippen LogP contribution in [0, 0.1) is 0 Å². The zero-order valence-electron chi connectivity index (χ0n) is 12.0. The first kappa shape index (κ1) is 21.5. The lowest BCUT2D eigenvalue weighted by Gasteiger charge is -2.25. The van der Waals surface area contributed by atoms with Crippen molar-refractivity contribution in [3.63, 3.8) is 0 Å². The van der Waals surface area contributed by atoms with E-state index in [1.54, 1.807) is 0 Å². The number of hydrogen-bond acceptors (Lipinski definition) is 3. The molecule has 0 heterocycles. The first-order valence-corrected chi connectivity index (χ1v) is 6.33. The Kier molecular flexibility index (Phi) is 12.9. The second-order valence-corrected chi connectivity index (χ2v) is 4.59. The fourth-order valence-electron chi connectivity index (χ4n) is 1.84. The Balaban J connectivity index is 0. The van der Waals surface area contributed by atoms with E-state index in [1.807, 2.05) is 32.3 Å². The van der Waals surface area contributed by atoms with Crippen LogP contribution < -0.4 is 11.1 Å². The molecule has 3 N–H and O–H groups in total. The van der Waals surface area contributed by atoms with E-state index < -0.39 is 0 Å². The summed E-state index contributed by atoms with van der Waals surface area (Å²) >= 11 is 0. The van der Waals surface area contributed by atoms with Gasteiger partial charge in [0.25, 0.3) is 0 Å². The lowest BCUT2D eigenvalue weighted by molar-refractivity contribution is -0.121. The van der Waals surface area contributed by atoms with Crippen LogP contribution in [0.3, 0.4) is 0 Å². The molecule has 4 nitrogen and oxygen atoms in total. The van der Waals surface area contributed by atoms with E-state index in [0.29, 0.717) is 19.5 Å². The average Bonchev–Trinajstić information content (AvgIpc) is 2.37. The number of amides is 1. The van der Waals surface area contributed by atoms with Crippen molar-refractivity contribution in [1.82, 2.24) is 10.2 Å². The minimum atomic E-state index is 0. The second-order valence-electron chi connectivity index (χ2n) is 4.59. The number of nitrogens with zero attached hydrogens (tertiary/aromatic N) is 1. The smallest absolute Gasteiger partial charge is 0.220 e. The van der Waals surface area contributed by atoms with Gasteiger partial charge in [-0.05, 0) is 32.6 Å². The monoisotopic (exact) mass is 321 g/mol. The van der Waals surface area contributed by atoms with Crippen molar-refractivity contribution in [2.45, 2.75) is 18.9 Å². The number of benzene rings is 1. The van der Waals surface area contributed by atoms with Gasteiger partial charge in [0.2, 0.25) is 5.91 Å². The van der Waals surface area contributed by atoms with E-state index in [-0.39, 0.29) is 36.8 Å². The Morgan fingerprint density at radius 2 is 1.85 bits per heavy atom. The third kappa shape index (κ3) is 7.70. The van der Waals surface area contributed by atoms with Gasteiger partial charge in [0.05, 0.1) is 6.04 Å². The van der Waals surface area contributed by atoms with E-state index in [4.69, 9.17) is 5.73 Å². The highest BCUT2D eigenvalue weighted by atomic mass is 35.5. The molecule has 0 spiro atoms. The van der Waals surface area contributed by atoms with Crippen molar-refractivity contribution in [1.29, 1.82) is 0 Å². The van der Waals surface area contributed by atoms with E-state index in [2.05, 4.69) is 22.3 Å². The quantitative estimate of drug-likeness (QED) is 0.807. The third-order valence-corrected chi connectivity index (χ3v) is 2.91. The van der Waals surface area contributed by atoms with Crippen molar-refractivity contribution < 1.29 is 4.79 Å². The topological polar surface area (TPSA) is 58.4 Å². The van der Waals surface area contributed by atoms with Crippen LogP contribution in [0.5, 0.6) is 0 Å². The summed E-state index contributed by atoms with van der Waals surface area (Å²) in [6.07, 6.45) is 1.25. The highest BCUT2D eigenvalue weighted by Crippen LogP contribution is 2.16. The van der Waals surface area contributed by atoms with Crippen molar-refractivity contribution in [2.75, 3.05) is 27.2 Å². The normalized spacial score (nSPS) is 11.2. The number of nitrogens with one attached hydrogen (secondary N) is 1. The molecule has 0 aromatic heterocycles. The molecule has 0 radical (unpaired) electrons. The number of likely N-dealkylation sites (N-methyl/N-ethyl adjacent to an activating group) is 1. The third-order valence-electron chi connectivity index (χ3n) is 2.91. The average molecular weight is 322 g/mol. The van der Waals surface area contributed by atoms with Gasteiger partial charge in [-0.25, -0.2) is 0 Å². The van der Waals surface area contributed by atoms with Crippen LogP contribution >= 0.6 is 24.8 Å². The highest BCUT2D eigenvalue weighted by Gasteiger charge is 2.14. The number of carbonyl (C=O) groups is 1. The molecule has 1 aromatic carbocycles. The minimum absolute atomic E-state index is 0. The van der Waals surface area contributed by atoms with Crippen LogP contribution in [-0.2, 0) is 4.79 Å². The van der Waals surface area contributed by atoms with Crippen molar-refractivity contribution in [2.24, 2.45) is 5.73 Å². The van der Waals surface area contributed by atoms with E-state index in [0.717, 1.165) is 6.42 Å². The number of hydrogen-bond donors (Lipinski definition) is 2. The van der Waals surface area contributed by atoms with Crippen LogP contribution in [0.25, 0.3) is 0 Å². The van der Waals surface area contributed by atoms with Gasteiger partial charge in [-0.1, -0.05) is 30.3 Å². The Bertz CT molecular complexity index is 361. The zero-order chi connectivity index (χ0) is 13.4. The molecule has 0 fully saturated rings. The summed E-state index contributed by atoms with van der Waals surface area (Å²) < 4.78 is 0. The largest absolute Gasteiger partial charge is 0.354 e. The number of rotatable bonds is 7. The second kappa shape index (κ2) is 12.0. The Morgan fingerprint density at radius 3 is 2.35 bits per heavy atom. The van der Waals surface area contributed by atoms with Gasteiger partial charge in [0.15, 0.2) is 0 Å². The molecule has 20 heavy (non-hydrogen) atoms. The first-order valence-electron chi connectivity index (χ1n) is 6.33. The van der Waals surface area contributed by atoms with Crippen LogP contribution in [0.4, 0.5) is 0 Å². The van der Waals surface area contributed by atoms with Gasteiger partial charge < -0.3 is 16.0 Å². The maximum absolute atomic E-state index is 11.6. The highest BCUT2D eigenvalue weighted by molar-refractivity contribution is 5.85. The van der Waals surface area contributed by atoms with Crippen molar-refractivity contribution in [3.8, 4) is 0 Å². The van der Waals surface area contributed by atoms with Gasteiger partial charge >= 0.3 is 0 Å². The van der Waals surface area contributed by atoms with Gasteiger partial charge in [-0.3, -0.25) is 4.79 Å². The van der Waals surface area contributed by atoms with Crippen molar-refractivity contribution >= 4 is 30.7 Å². The van der Waals surface area contributed by atoms with Crippen LogP contribution in [-0.4, -0.2) is 38.0 Å². The minimum Gasteiger partial charge on any atom is -0.354 e. The van der Waals surface area contributed by atoms with Gasteiger partial charge in [-0.2, -0.15) is 0 Å². The van der Waals surface area contributed by atoms with Crippen LogP contribution in [0.2, 0.25) is 0 Å². The Morgan fingerprint density at radius 1 is 1.25 bits per heavy atom. The molecular weight excluding hydrogens is 297 g/mol. The molecule has 1 amide bonds. The van der Waals surface area contributed by atoms with E-state index >= 15 is 0 Å². The van der Waals surface area contributed by atoms with Gasteiger partial charge in [0, 0.05) is 13.0 Å². The van der Waals surface area contributed by atoms with Crippen LogP contribution in [0.1, 0.15) is 24.4 Å². The molecule has 0 aliphatic heterocycles. The van der Waals surface area contributed by atoms with E-state index in [9.17, 15) is 4.79 Å². The molecule has 0 bridgehead atoms. The Hall–Kier alpha value is -0.810. The summed E-state index contributed by atoms with van der Waals surface area (Å²) in [5.74, 6) is 0.0724. The lowest BCUT2D eigenvalue weighted by atomic mass is 10.1. The molecular formula is C14H25Cl2N3O. The van der Waals surface area contributed by atoms with Gasteiger partial charge in [-0.15, -0.1) is 24.8 Å².